The average Bonchev–Trinajstić information content (AvgIpc) is 2.26. The first-order valence-electron chi connectivity index (χ1n) is 5.49. The minimum absolute atomic E-state index is 0.0547. The van der Waals surface area contributed by atoms with E-state index in [1.807, 2.05) is 0 Å². The Balaban J connectivity index is 3.05. The van der Waals surface area contributed by atoms with E-state index in [9.17, 15) is 20.0 Å². The number of carbonyl (C=O) groups is 1. The van der Waals surface area contributed by atoms with Gasteiger partial charge in [0, 0.05) is 19.7 Å². The molecule has 0 saturated heterocycles. The number of aliphatic hydroxyl groups is 1. The van der Waals surface area contributed by atoms with Crippen LogP contribution >= 0.6 is 0 Å². The molecule has 0 unspecified atom stereocenters. The predicted molar refractivity (Wildman–Crippen MR) is 68.6 cm³/mol. The lowest BCUT2D eigenvalue weighted by molar-refractivity contribution is -0.385. The lowest BCUT2D eigenvalue weighted by atomic mass is 10.1. The van der Waals surface area contributed by atoms with Crippen LogP contribution in [0.3, 0.4) is 0 Å². The molecule has 1 aromatic heterocycles. The first-order valence-corrected chi connectivity index (χ1v) is 5.49. The molecule has 0 aliphatic heterocycles. The van der Waals surface area contributed by atoms with E-state index >= 15 is 0 Å². The molecule has 19 heavy (non-hydrogen) atoms. The van der Waals surface area contributed by atoms with Gasteiger partial charge in [-0.25, -0.2) is 4.98 Å². The third kappa shape index (κ3) is 3.88. The second-order valence-corrected chi connectivity index (χ2v) is 4.86. The van der Waals surface area contributed by atoms with Crippen LogP contribution < -0.4 is 5.73 Å². The van der Waals surface area contributed by atoms with Crippen LogP contribution in [-0.2, 0) is 0 Å². The normalized spacial score (nSPS) is 11.2. The lowest BCUT2D eigenvalue weighted by Crippen LogP contribution is -2.40. The standard InChI is InChI=1S/C11H16N4O4/c1-11(2,17)6-14(3)10(16)8-4-7(15(18)19)5-13-9(8)12/h4-5,17H,6H2,1-3H3,(H2,12,13). The van der Waals surface area contributed by atoms with Crippen molar-refractivity contribution < 1.29 is 14.8 Å². The van der Waals surface area contributed by atoms with Gasteiger partial charge < -0.3 is 15.7 Å². The van der Waals surface area contributed by atoms with Crippen molar-refractivity contribution in [3.8, 4) is 0 Å². The molecule has 0 aliphatic carbocycles. The quantitative estimate of drug-likeness (QED) is 0.602. The Labute approximate surface area is 110 Å². The van der Waals surface area contributed by atoms with Crippen LogP contribution in [0.25, 0.3) is 0 Å². The number of amides is 1. The summed E-state index contributed by atoms with van der Waals surface area (Å²) in [4.78, 5) is 26.9. The Morgan fingerprint density at radius 1 is 1.63 bits per heavy atom. The summed E-state index contributed by atoms with van der Waals surface area (Å²) in [5.41, 5.74) is 4.11. The Morgan fingerprint density at radius 3 is 2.68 bits per heavy atom. The van der Waals surface area contributed by atoms with Gasteiger partial charge >= 0.3 is 0 Å². The summed E-state index contributed by atoms with van der Waals surface area (Å²) in [7, 11) is 1.47. The van der Waals surface area contributed by atoms with Crippen LogP contribution in [0.15, 0.2) is 12.3 Å². The van der Waals surface area contributed by atoms with E-state index in [4.69, 9.17) is 5.73 Å². The maximum Gasteiger partial charge on any atom is 0.288 e. The van der Waals surface area contributed by atoms with Gasteiger partial charge in [-0.15, -0.1) is 0 Å². The van der Waals surface area contributed by atoms with Crippen molar-refractivity contribution >= 4 is 17.4 Å². The molecule has 0 saturated carbocycles. The Bertz CT molecular complexity index is 510. The fraction of sp³-hybridized carbons (Fsp3) is 0.455. The number of aromatic nitrogens is 1. The maximum absolute atomic E-state index is 12.1. The summed E-state index contributed by atoms with van der Waals surface area (Å²) < 4.78 is 0. The monoisotopic (exact) mass is 268 g/mol. The fourth-order valence-electron chi connectivity index (χ4n) is 1.59. The van der Waals surface area contributed by atoms with Gasteiger partial charge in [0.2, 0.25) is 0 Å². The highest BCUT2D eigenvalue weighted by Gasteiger charge is 2.23. The van der Waals surface area contributed by atoms with E-state index in [0.717, 1.165) is 12.3 Å². The molecule has 1 heterocycles. The summed E-state index contributed by atoms with van der Waals surface area (Å²) in [6, 6.07) is 1.07. The Hall–Kier alpha value is -2.22. The van der Waals surface area contributed by atoms with Gasteiger partial charge in [0.25, 0.3) is 11.6 Å². The second-order valence-electron chi connectivity index (χ2n) is 4.86. The third-order valence-corrected chi connectivity index (χ3v) is 2.32. The fourth-order valence-corrected chi connectivity index (χ4v) is 1.59. The van der Waals surface area contributed by atoms with Crippen molar-refractivity contribution in [2.75, 3.05) is 19.3 Å². The first-order chi connectivity index (χ1) is 8.61. The molecular weight excluding hydrogens is 252 g/mol. The number of hydrogen-bond acceptors (Lipinski definition) is 6. The molecule has 0 fully saturated rings. The highest BCUT2D eigenvalue weighted by atomic mass is 16.6. The van der Waals surface area contributed by atoms with Crippen molar-refractivity contribution in [3.05, 3.63) is 27.9 Å². The zero-order valence-electron chi connectivity index (χ0n) is 11.0. The number of likely N-dealkylation sites (N-methyl/N-ethyl adjacent to an activating group) is 1. The zero-order valence-corrected chi connectivity index (χ0v) is 11.0. The number of rotatable bonds is 4. The molecule has 1 amide bonds. The summed E-state index contributed by atoms with van der Waals surface area (Å²) in [5, 5.41) is 20.3. The zero-order chi connectivity index (χ0) is 14.8. The number of anilines is 1. The molecule has 3 N–H and O–H groups in total. The minimum Gasteiger partial charge on any atom is -0.389 e. The van der Waals surface area contributed by atoms with E-state index < -0.39 is 16.4 Å². The highest BCUT2D eigenvalue weighted by Crippen LogP contribution is 2.18. The number of nitrogens with zero attached hydrogens (tertiary/aromatic N) is 3. The predicted octanol–water partition coefficient (Wildman–Crippen LogP) is 0.415. The molecule has 0 aromatic carbocycles. The molecule has 8 nitrogen and oxygen atoms in total. The SMILES string of the molecule is CN(CC(C)(C)O)C(=O)c1cc([N+](=O)[O-])cnc1N. The van der Waals surface area contributed by atoms with E-state index in [0.29, 0.717) is 0 Å². The summed E-state index contributed by atoms with van der Waals surface area (Å²) in [6.45, 7) is 3.16. The van der Waals surface area contributed by atoms with Crippen LogP contribution in [0.2, 0.25) is 0 Å². The van der Waals surface area contributed by atoms with Crippen molar-refractivity contribution in [2.24, 2.45) is 0 Å². The van der Waals surface area contributed by atoms with Gasteiger partial charge in [-0.1, -0.05) is 0 Å². The number of nitrogen functional groups attached to an aromatic ring is 1. The molecule has 0 spiro atoms. The minimum atomic E-state index is -1.08. The van der Waals surface area contributed by atoms with E-state index in [1.165, 1.54) is 11.9 Å². The van der Waals surface area contributed by atoms with E-state index in [2.05, 4.69) is 4.98 Å². The molecular formula is C11H16N4O4. The van der Waals surface area contributed by atoms with Gasteiger partial charge in [-0.05, 0) is 13.8 Å². The van der Waals surface area contributed by atoms with Gasteiger partial charge in [-0.3, -0.25) is 14.9 Å². The van der Waals surface area contributed by atoms with E-state index in [1.54, 1.807) is 13.8 Å². The summed E-state index contributed by atoms with van der Waals surface area (Å²) >= 11 is 0. The van der Waals surface area contributed by atoms with Gasteiger partial charge in [0.1, 0.15) is 12.0 Å². The van der Waals surface area contributed by atoms with Crippen LogP contribution in [0.1, 0.15) is 24.2 Å². The van der Waals surface area contributed by atoms with Crippen LogP contribution in [0.5, 0.6) is 0 Å². The van der Waals surface area contributed by atoms with Crippen molar-refractivity contribution in [2.45, 2.75) is 19.4 Å². The lowest BCUT2D eigenvalue weighted by Gasteiger charge is -2.25. The number of nitrogens with two attached hydrogens (primary N) is 1. The van der Waals surface area contributed by atoms with Crippen LogP contribution in [0, 0.1) is 10.1 Å². The maximum atomic E-state index is 12.1. The second kappa shape index (κ2) is 5.19. The van der Waals surface area contributed by atoms with E-state index in [-0.39, 0.29) is 23.6 Å². The van der Waals surface area contributed by atoms with Crippen molar-refractivity contribution in [1.29, 1.82) is 0 Å². The summed E-state index contributed by atoms with van der Waals surface area (Å²) in [5.74, 6) is -0.617. The molecule has 104 valence electrons. The van der Waals surface area contributed by atoms with Crippen molar-refractivity contribution in [3.63, 3.8) is 0 Å². The van der Waals surface area contributed by atoms with Gasteiger partial charge in [0.05, 0.1) is 16.1 Å². The average molecular weight is 268 g/mol. The Morgan fingerprint density at radius 2 is 2.21 bits per heavy atom. The molecule has 0 bridgehead atoms. The smallest absolute Gasteiger partial charge is 0.288 e. The molecule has 1 aromatic rings. The largest absolute Gasteiger partial charge is 0.389 e. The van der Waals surface area contributed by atoms with Crippen LogP contribution in [0.4, 0.5) is 11.5 Å². The molecule has 0 radical (unpaired) electrons. The number of hydrogen-bond donors (Lipinski definition) is 2. The topological polar surface area (TPSA) is 123 Å². The molecule has 1 rings (SSSR count). The molecule has 0 aliphatic rings. The number of nitro groups is 1. The molecule has 8 heteroatoms. The highest BCUT2D eigenvalue weighted by molar-refractivity contribution is 5.98. The van der Waals surface area contributed by atoms with Gasteiger partial charge in [-0.2, -0.15) is 0 Å². The summed E-state index contributed by atoms with van der Waals surface area (Å²) in [6.07, 6.45) is 0.988. The van der Waals surface area contributed by atoms with Gasteiger partial charge in [0.15, 0.2) is 0 Å². The Kier molecular flexibility index (Phi) is 4.05. The third-order valence-electron chi connectivity index (χ3n) is 2.32. The van der Waals surface area contributed by atoms with Crippen molar-refractivity contribution in [1.82, 2.24) is 9.88 Å². The molecule has 0 atom stereocenters. The van der Waals surface area contributed by atoms with Crippen LogP contribution in [-0.4, -0.2) is 45.0 Å². The number of carbonyl (C=O) groups excluding carboxylic acids is 1. The first kappa shape index (κ1) is 14.8. The number of pyridine rings is 1.